The van der Waals surface area contributed by atoms with E-state index in [0.29, 0.717) is 0 Å². The minimum Gasteiger partial charge on any atom is -0.330 e. The van der Waals surface area contributed by atoms with Gasteiger partial charge in [0.15, 0.2) is 0 Å². The molecular formula is C12H23N. The zero-order valence-electron chi connectivity index (χ0n) is 8.94. The Morgan fingerprint density at radius 2 is 1.54 bits per heavy atom. The predicted octanol–water partition coefficient (Wildman–Crippen LogP) is 3.42. The summed E-state index contributed by atoms with van der Waals surface area (Å²) in [5, 5.41) is 0. The SMILES string of the molecule is C=C(C)C(=C)CCCCCCCN. The van der Waals surface area contributed by atoms with E-state index in [1.165, 1.54) is 37.7 Å². The summed E-state index contributed by atoms with van der Waals surface area (Å²) in [7, 11) is 0. The van der Waals surface area contributed by atoms with Gasteiger partial charge >= 0.3 is 0 Å². The number of nitrogens with two attached hydrogens (primary N) is 1. The Morgan fingerprint density at radius 1 is 1.00 bits per heavy atom. The third kappa shape index (κ3) is 7.79. The largest absolute Gasteiger partial charge is 0.330 e. The van der Waals surface area contributed by atoms with Crippen LogP contribution in [0.3, 0.4) is 0 Å². The zero-order chi connectivity index (χ0) is 10.1. The fourth-order valence-corrected chi connectivity index (χ4v) is 1.23. The number of hydrogen-bond donors (Lipinski definition) is 1. The third-order valence-corrected chi connectivity index (χ3v) is 2.29. The van der Waals surface area contributed by atoms with E-state index in [1.807, 2.05) is 6.92 Å². The lowest BCUT2D eigenvalue weighted by Crippen LogP contribution is -1.97. The molecule has 0 aliphatic carbocycles. The maximum absolute atomic E-state index is 5.41. The lowest BCUT2D eigenvalue weighted by Gasteiger charge is -2.04. The second-order valence-electron chi connectivity index (χ2n) is 3.69. The average Bonchev–Trinajstić information content (AvgIpc) is 2.10. The van der Waals surface area contributed by atoms with E-state index in [9.17, 15) is 0 Å². The Kier molecular flexibility index (Phi) is 7.71. The monoisotopic (exact) mass is 181 g/mol. The first-order valence-electron chi connectivity index (χ1n) is 5.22. The Labute approximate surface area is 82.7 Å². The van der Waals surface area contributed by atoms with Gasteiger partial charge in [-0.1, -0.05) is 43.6 Å². The molecule has 0 spiro atoms. The lowest BCUT2D eigenvalue weighted by atomic mass is 10.0. The van der Waals surface area contributed by atoms with Gasteiger partial charge in [-0.3, -0.25) is 0 Å². The van der Waals surface area contributed by atoms with Crippen LogP contribution in [0.2, 0.25) is 0 Å². The molecule has 0 aromatic carbocycles. The fourth-order valence-electron chi connectivity index (χ4n) is 1.23. The molecule has 0 bridgehead atoms. The van der Waals surface area contributed by atoms with Gasteiger partial charge in [-0.05, 0) is 32.7 Å². The fraction of sp³-hybridized carbons (Fsp3) is 0.667. The Hall–Kier alpha value is -0.560. The second kappa shape index (κ2) is 8.06. The number of hydrogen-bond acceptors (Lipinski definition) is 1. The van der Waals surface area contributed by atoms with Gasteiger partial charge in [0.1, 0.15) is 0 Å². The van der Waals surface area contributed by atoms with Gasteiger partial charge in [-0.2, -0.15) is 0 Å². The van der Waals surface area contributed by atoms with Crippen molar-refractivity contribution in [1.82, 2.24) is 0 Å². The minimum absolute atomic E-state index is 0.832. The quantitative estimate of drug-likeness (QED) is 0.450. The van der Waals surface area contributed by atoms with Gasteiger partial charge in [0.25, 0.3) is 0 Å². The molecule has 0 unspecified atom stereocenters. The van der Waals surface area contributed by atoms with Gasteiger partial charge in [0.2, 0.25) is 0 Å². The minimum atomic E-state index is 0.832. The van der Waals surface area contributed by atoms with Crippen LogP contribution < -0.4 is 5.73 Å². The molecule has 0 radical (unpaired) electrons. The number of rotatable bonds is 8. The van der Waals surface area contributed by atoms with Gasteiger partial charge in [-0.25, -0.2) is 0 Å². The molecule has 0 aliphatic rings. The van der Waals surface area contributed by atoms with E-state index in [0.717, 1.165) is 18.5 Å². The van der Waals surface area contributed by atoms with Gasteiger partial charge in [-0.15, -0.1) is 0 Å². The molecule has 0 amide bonds. The molecule has 0 saturated carbocycles. The standard InChI is InChI=1S/C12H23N/c1-11(2)12(3)9-7-5-4-6-8-10-13/h1,3-10,13H2,2H3. The summed E-state index contributed by atoms with van der Waals surface area (Å²) in [4.78, 5) is 0. The third-order valence-electron chi connectivity index (χ3n) is 2.29. The van der Waals surface area contributed by atoms with Crippen molar-refractivity contribution >= 4 is 0 Å². The summed E-state index contributed by atoms with van der Waals surface area (Å²) < 4.78 is 0. The zero-order valence-corrected chi connectivity index (χ0v) is 8.94. The molecule has 76 valence electrons. The highest BCUT2D eigenvalue weighted by molar-refractivity contribution is 5.22. The molecule has 0 heterocycles. The van der Waals surface area contributed by atoms with E-state index in [1.54, 1.807) is 0 Å². The van der Waals surface area contributed by atoms with Crippen molar-refractivity contribution in [3.05, 3.63) is 24.3 Å². The van der Waals surface area contributed by atoms with Crippen molar-refractivity contribution in [2.45, 2.75) is 45.4 Å². The van der Waals surface area contributed by atoms with Crippen LogP contribution >= 0.6 is 0 Å². The first-order valence-corrected chi connectivity index (χ1v) is 5.22. The van der Waals surface area contributed by atoms with Crippen LogP contribution in [-0.2, 0) is 0 Å². The van der Waals surface area contributed by atoms with Crippen molar-refractivity contribution in [1.29, 1.82) is 0 Å². The summed E-state index contributed by atoms with van der Waals surface area (Å²) in [6.45, 7) is 10.7. The highest BCUT2D eigenvalue weighted by atomic mass is 14.5. The highest BCUT2D eigenvalue weighted by Crippen LogP contribution is 2.14. The van der Waals surface area contributed by atoms with E-state index in [2.05, 4.69) is 13.2 Å². The maximum atomic E-state index is 5.41. The molecule has 0 aromatic heterocycles. The number of unbranched alkanes of at least 4 members (excludes halogenated alkanes) is 4. The van der Waals surface area contributed by atoms with Crippen LogP contribution in [0.25, 0.3) is 0 Å². The van der Waals surface area contributed by atoms with Crippen LogP contribution in [0.15, 0.2) is 24.3 Å². The van der Waals surface area contributed by atoms with Crippen LogP contribution in [0.4, 0.5) is 0 Å². The molecule has 1 heteroatoms. The number of allylic oxidation sites excluding steroid dienone is 2. The van der Waals surface area contributed by atoms with Crippen LogP contribution in [-0.4, -0.2) is 6.54 Å². The van der Waals surface area contributed by atoms with Gasteiger partial charge in [0, 0.05) is 0 Å². The first kappa shape index (κ1) is 12.4. The molecule has 13 heavy (non-hydrogen) atoms. The van der Waals surface area contributed by atoms with Crippen molar-refractivity contribution < 1.29 is 0 Å². The Morgan fingerprint density at radius 3 is 2.08 bits per heavy atom. The maximum Gasteiger partial charge on any atom is -0.00773 e. The smallest absolute Gasteiger partial charge is 0.00773 e. The molecule has 0 fully saturated rings. The van der Waals surface area contributed by atoms with Crippen LogP contribution in [0.1, 0.15) is 45.4 Å². The summed E-state index contributed by atoms with van der Waals surface area (Å²) in [5.74, 6) is 0. The van der Waals surface area contributed by atoms with Crippen molar-refractivity contribution in [2.24, 2.45) is 5.73 Å². The van der Waals surface area contributed by atoms with E-state index in [4.69, 9.17) is 5.73 Å². The Balaban J connectivity index is 3.16. The van der Waals surface area contributed by atoms with E-state index in [-0.39, 0.29) is 0 Å². The molecule has 0 rings (SSSR count). The molecule has 0 aliphatic heterocycles. The summed E-state index contributed by atoms with van der Waals surface area (Å²) in [6.07, 6.45) is 7.40. The second-order valence-corrected chi connectivity index (χ2v) is 3.69. The summed E-state index contributed by atoms with van der Waals surface area (Å²) in [6, 6.07) is 0. The van der Waals surface area contributed by atoms with E-state index < -0.39 is 0 Å². The van der Waals surface area contributed by atoms with Gasteiger partial charge < -0.3 is 5.73 Å². The average molecular weight is 181 g/mol. The van der Waals surface area contributed by atoms with Crippen molar-refractivity contribution in [3.63, 3.8) is 0 Å². The molecule has 0 saturated heterocycles. The van der Waals surface area contributed by atoms with Crippen molar-refractivity contribution in [2.75, 3.05) is 6.54 Å². The van der Waals surface area contributed by atoms with Crippen LogP contribution in [0, 0.1) is 0 Å². The topological polar surface area (TPSA) is 26.0 Å². The molecule has 0 atom stereocenters. The molecule has 0 aromatic rings. The van der Waals surface area contributed by atoms with Crippen LogP contribution in [0.5, 0.6) is 0 Å². The molecule has 2 N–H and O–H groups in total. The highest BCUT2D eigenvalue weighted by Gasteiger charge is 1.94. The predicted molar refractivity (Wildman–Crippen MR) is 60.7 cm³/mol. The molecule has 1 nitrogen and oxygen atoms in total. The van der Waals surface area contributed by atoms with Gasteiger partial charge in [0.05, 0.1) is 0 Å². The molecular weight excluding hydrogens is 158 g/mol. The summed E-state index contributed by atoms with van der Waals surface area (Å²) >= 11 is 0. The lowest BCUT2D eigenvalue weighted by molar-refractivity contribution is 0.618. The van der Waals surface area contributed by atoms with E-state index >= 15 is 0 Å². The first-order chi connectivity index (χ1) is 6.18. The Bertz CT molecular complexity index is 159. The van der Waals surface area contributed by atoms with Crippen molar-refractivity contribution in [3.8, 4) is 0 Å². The summed E-state index contributed by atoms with van der Waals surface area (Å²) in [5.41, 5.74) is 7.74. The normalized spacial score (nSPS) is 10.0.